The Balaban J connectivity index is 1.23. The summed E-state index contributed by atoms with van der Waals surface area (Å²) < 4.78 is 39.9. The summed E-state index contributed by atoms with van der Waals surface area (Å²) in [6.45, 7) is 6.97. The lowest BCUT2D eigenvalue weighted by Gasteiger charge is -2.40. The third kappa shape index (κ3) is 5.26. The number of fused-ring (bicyclic) bond motifs is 1. The lowest BCUT2D eigenvalue weighted by atomic mass is 9.73. The Morgan fingerprint density at radius 2 is 1.87 bits per heavy atom. The van der Waals surface area contributed by atoms with Crippen LogP contribution < -0.4 is 5.32 Å². The molecule has 0 bridgehead atoms. The molecule has 2 aliphatic carbocycles. The molecule has 1 aromatic heterocycles. The van der Waals surface area contributed by atoms with Crippen molar-refractivity contribution in [2.75, 3.05) is 6.54 Å². The molecule has 0 saturated heterocycles. The van der Waals surface area contributed by atoms with E-state index in [9.17, 15) is 23.1 Å². The second-order valence-electron chi connectivity index (χ2n) is 12.0. The summed E-state index contributed by atoms with van der Waals surface area (Å²) in [5.41, 5.74) is -0.502. The van der Waals surface area contributed by atoms with E-state index in [0.29, 0.717) is 37.4 Å². The first-order chi connectivity index (χ1) is 17.9. The van der Waals surface area contributed by atoms with E-state index >= 15 is 0 Å². The number of nitrogens with one attached hydrogen (secondary N) is 1. The summed E-state index contributed by atoms with van der Waals surface area (Å²) in [6.07, 6.45) is 3.49. The second-order valence-corrected chi connectivity index (χ2v) is 13.2. The van der Waals surface area contributed by atoms with Gasteiger partial charge in [0, 0.05) is 36.2 Å². The zero-order chi connectivity index (χ0) is 27.3. The topological polar surface area (TPSA) is 65.5 Å². The SMILES string of the molecule is Cc1cnc(C2(O)CCC(N[C@@H]3CC[C@@](C(=O)N4CCc5ccc(C(F)(F)F)cc5C4)(C(C)C)C3)CC2)s1. The number of benzene rings is 1. The van der Waals surface area contributed by atoms with Crippen LogP contribution in [0.15, 0.2) is 24.4 Å². The Morgan fingerprint density at radius 1 is 1.16 bits per heavy atom. The molecule has 5 rings (SSSR count). The quantitative estimate of drug-likeness (QED) is 0.482. The van der Waals surface area contributed by atoms with Gasteiger partial charge in [-0.15, -0.1) is 11.3 Å². The van der Waals surface area contributed by atoms with Gasteiger partial charge in [0.15, 0.2) is 0 Å². The number of amides is 1. The zero-order valence-corrected chi connectivity index (χ0v) is 23.2. The number of aryl methyl sites for hydroxylation is 1. The van der Waals surface area contributed by atoms with Crippen LogP contribution in [0.2, 0.25) is 0 Å². The molecule has 0 radical (unpaired) electrons. The van der Waals surface area contributed by atoms with Gasteiger partial charge in [-0.05, 0) is 87.5 Å². The molecule has 2 saturated carbocycles. The van der Waals surface area contributed by atoms with Gasteiger partial charge in [0.05, 0.1) is 11.0 Å². The standard InChI is InChI=1S/C29H38F3N3O2S/c1-18(2)27(26(36)35-13-9-20-4-5-22(29(30,31)32)14-21(20)17-35)10-6-24(15-27)34-23-7-11-28(37,12-8-23)25-33-16-19(3)38-25/h4-5,14,16,18,23-24,34,37H,6-13,15,17H2,1-3H3/t23?,24-,27+,28?/m1/s1. The maximum atomic E-state index is 14.0. The van der Waals surface area contributed by atoms with Gasteiger partial charge < -0.3 is 15.3 Å². The number of nitrogens with zero attached hydrogens (tertiary/aromatic N) is 2. The van der Waals surface area contributed by atoms with Crippen molar-refractivity contribution >= 4 is 17.2 Å². The molecular weight excluding hydrogens is 511 g/mol. The highest BCUT2D eigenvalue weighted by Crippen LogP contribution is 2.47. The average molecular weight is 550 g/mol. The number of aromatic nitrogens is 1. The van der Waals surface area contributed by atoms with Gasteiger partial charge in [0.25, 0.3) is 0 Å². The molecule has 1 aliphatic heterocycles. The van der Waals surface area contributed by atoms with Crippen LogP contribution in [0.3, 0.4) is 0 Å². The van der Waals surface area contributed by atoms with Crippen LogP contribution in [0.1, 0.15) is 85.4 Å². The molecule has 2 fully saturated rings. The molecule has 9 heteroatoms. The second kappa shape index (κ2) is 10.2. The summed E-state index contributed by atoms with van der Waals surface area (Å²) in [5, 5.41) is 15.8. The lowest BCUT2D eigenvalue weighted by molar-refractivity contribution is -0.145. The predicted octanol–water partition coefficient (Wildman–Crippen LogP) is 5.97. The normalized spacial score (nSPS) is 30.1. The summed E-state index contributed by atoms with van der Waals surface area (Å²) in [5.74, 6) is 0.214. The maximum absolute atomic E-state index is 14.0. The van der Waals surface area contributed by atoms with E-state index < -0.39 is 22.8 Å². The van der Waals surface area contributed by atoms with Gasteiger partial charge in [-0.1, -0.05) is 19.9 Å². The molecule has 2 heterocycles. The fraction of sp³-hybridized carbons (Fsp3) is 0.655. The van der Waals surface area contributed by atoms with Crippen LogP contribution in [0, 0.1) is 18.3 Å². The van der Waals surface area contributed by atoms with Crippen molar-refractivity contribution in [3.8, 4) is 0 Å². The largest absolute Gasteiger partial charge is 0.416 e. The molecule has 5 nitrogen and oxygen atoms in total. The van der Waals surface area contributed by atoms with Crippen molar-refractivity contribution in [2.24, 2.45) is 11.3 Å². The summed E-state index contributed by atoms with van der Waals surface area (Å²) in [6, 6.07) is 4.43. The van der Waals surface area contributed by atoms with Gasteiger partial charge >= 0.3 is 6.18 Å². The Kier molecular flexibility index (Phi) is 7.41. The molecule has 0 spiro atoms. The highest BCUT2D eigenvalue weighted by molar-refractivity contribution is 7.11. The summed E-state index contributed by atoms with van der Waals surface area (Å²) >= 11 is 1.57. The number of rotatable bonds is 5. The van der Waals surface area contributed by atoms with E-state index in [4.69, 9.17) is 0 Å². The molecule has 1 amide bonds. The van der Waals surface area contributed by atoms with E-state index in [1.807, 2.05) is 13.1 Å². The monoisotopic (exact) mass is 549 g/mol. The Hall–Kier alpha value is -1.97. The minimum Gasteiger partial charge on any atom is -0.383 e. The van der Waals surface area contributed by atoms with Gasteiger partial charge in [0.2, 0.25) is 5.91 Å². The van der Waals surface area contributed by atoms with Crippen molar-refractivity contribution in [2.45, 2.75) is 103 Å². The summed E-state index contributed by atoms with van der Waals surface area (Å²) in [4.78, 5) is 21.3. The van der Waals surface area contributed by atoms with Gasteiger partial charge in [-0.2, -0.15) is 13.2 Å². The van der Waals surface area contributed by atoms with Crippen LogP contribution in [0.5, 0.6) is 0 Å². The minimum atomic E-state index is -4.39. The number of halogens is 3. The molecule has 3 aliphatic rings. The van der Waals surface area contributed by atoms with E-state index in [0.717, 1.165) is 53.6 Å². The van der Waals surface area contributed by atoms with E-state index in [2.05, 4.69) is 24.1 Å². The average Bonchev–Trinajstić information content (AvgIpc) is 3.51. The van der Waals surface area contributed by atoms with E-state index in [1.54, 1.807) is 22.3 Å². The van der Waals surface area contributed by atoms with Gasteiger partial charge in [-0.25, -0.2) is 4.98 Å². The third-order valence-electron chi connectivity index (χ3n) is 9.22. The lowest BCUT2D eigenvalue weighted by Crippen LogP contribution is -2.49. The molecule has 2 atom stereocenters. The van der Waals surface area contributed by atoms with Gasteiger partial charge in [-0.3, -0.25) is 4.79 Å². The fourth-order valence-corrected chi connectivity index (χ4v) is 7.69. The Labute approximate surface area is 226 Å². The van der Waals surface area contributed by atoms with Crippen molar-refractivity contribution in [3.05, 3.63) is 51.0 Å². The van der Waals surface area contributed by atoms with Crippen LogP contribution in [-0.4, -0.2) is 39.5 Å². The van der Waals surface area contributed by atoms with Crippen LogP contribution in [0.4, 0.5) is 13.2 Å². The molecular formula is C29H38F3N3O2S. The molecule has 0 unspecified atom stereocenters. The van der Waals surface area contributed by atoms with Crippen molar-refractivity contribution < 1.29 is 23.1 Å². The van der Waals surface area contributed by atoms with Crippen molar-refractivity contribution in [1.29, 1.82) is 0 Å². The highest BCUT2D eigenvalue weighted by atomic mass is 32.1. The zero-order valence-electron chi connectivity index (χ0n) is 22.4. The number of alkyl halides is 3. The molecule has 38 heavy (non-hydrogen) atoms. The van der Waals surface area contributed by atoms with Crippen molar-refractivity contribution in [3.63, 3.8) is 0 Å². The van der Waals surface area contributed by atoms with Crippen LogP contribution in [-0.2, 0) is 29.5 Å². The van der Waals surface area contributed by atoms with E-state index in [-0.39, 0.29) is 24.4 Å². The smallest absolute Gasteiger partial charge is 0.383 e. The van der Waals surface area contributed by atoms with E-state index in [1.165, 1.54) is 6.07 Å². The first kappa shape index (κ1) is 27.6. The third-order valence-corrected chi connectivity index (χ3v) is 10.3. The van der Waals surface area contributed by atoms with Crippen LogP contribution >= 0.6 is 11.3 Å². The Bertz CT molecular complexity index is 1170. The van der Waals surface area contributed by atoms with Crippen molar-refractivity contribution in [1.82, 2.24) is 15.2 Å². The number of hydrogen-bond donors (Lipinski definition) is 2. The maximum Gasteiger partial charge on any atom is 0.416 e. The molecule has 208 valence electrons. The minimum absolute atomic E-state index is 0.0806. The number of carbonyl (C=O) groups is 1. The first-order valence-corrected chi connectivity index (χ1v) is 14.6. The number of carbonyl (C=O) groups excluding carboxylic acids is 1. The number of aliphatic hydroxyl groups is 1. The van der Waals surface area contributed by atoms with Gasteiger partial charge in [0.1, 0.15) is 10.6 Å². The first-order valence-electron chi connectivity index (χ1n) is 13.8. The summed E-state index contributed by atoms with van der Waals surface area (Å²) in [7, 11) is 0. The molecule has 2 aromatic rings. The fourth-order valence-electron chi connectivity index (χ4n) is 6.78. The molecule has 1 aromatic carbocycles. The molecule has 2 N–H and O–H groups in total. The number of hydrogen-bond acceptors (Lipinski definition) is 5. The highest BCUT2D eigenvalue weighted by Gasteiger charge is 2.50. The number of thiazole rings is 1. The predicted molar refractivity (Wildman–Crippen MR) is 142 cm³/mol. The Morgan fingerprint density at radius 3 is 2.50 bits per heavy atom. The van der Waals surface area contributed by atoms with Crippen LogP contribution in [0.25, 0.3) is 0 Å².